The van der Waals surface area contributed by atoms with Gasteiger partial charge < -0.3 is 4.74 Å². The van der Waals surface area contributed by atoms with Crippen molar-refractivity contribution in [1.82, 2.24) is 0 Å². The summed E-state index contributed by atoms with van der Waals surface area (Å²) in [4.78, 5) is 10.8. The Labute approximate surface area is 78.5 Å². The summed E-state index contributed by atoms with van der Waals surface area (Å²) < 4.78 is 26.5. The molecule has 0 aliphatic carbocycles. The molecule has 0 N–H and O–H groups in total. The summed E-state index contributed by atoms with van der Waals surface area (Å²) in [7, 11) is -3.05. The summed E-state index contributed by atoms with van der Waals surface area (Å²) in [5, 5.41) is 0. The summed E-state index contributed by atoms with van der Waals surface area (Å²) in [5.74, 6) is -0.605. The van der Waals surface area contributed by atoms with Gasteiger partial charge >= 0.3 is 5.97 Å². The van der Waals surface area contributed by atoms with Gasteiger partial charge in [0.05, 0.1) is 5.75 Å². The van der Waals surface area contributed by atoms with Crippen LogP contribution in [0.1, 0.15) is 13.8 Å². The van der Waals surface area contributed by atoms with Crippen LogP contribution in [-0.4, -0.2) is 32.5 Å². The first-order valence-corrected chi connectivity index (χ1v) is 5.74. The molecule has 0 aromatic heterocycles. The largest absolute Gasteiger partial charge is 0.461 e. The van der Waals surface area contributed by atoms with Crippen LogP contribution in [0.15, 0.2) is 12.2 Å². The second kappa shape index (κ2) is 5.01. The first kappa shape index (κ1) is 12.2. The molecule has 0 radical (unpaired) electrons. The van der Waals surface area contributed by atoms with Crippen LogP contribution in [0.2, 0.25) is 0 Å². The fourth-order valence-electron chi connectivity index (χ4n) is 0.529. The highest BCUT2D eigenvalue weighted by atomic mass is 32.2. The van der Waals surface area contributed by atoms with Crippen molar-refractivity contribution in [3.63, 3.8) is 0 Å². The first-order chi connectivity index (χ1) is 5.89. The molecule has 0 aromatic carbocycles. The minimum Gasteiger partial charge on any atom is -0.461 e. The zero-order valence-electron chi connectivity index (χ0n) is 7.87. The maximum absolute atomic E-state index is 10.9. The normalized spacial score (nSPS) is 10.9. The number of esters is 1. The third kappa shape index (κ3) is 5.41. The average Bonchev–Trinajstić information content (AvgIpc) is 2.04. The lowest BCUT2D eigenvalue weighted by Crippen LogP contribution is -2.16. The van der Waals surface area contributed by atoms with Crippen molar-refractivity contribution in [3.05, 3.63) is 12.2 Å². The van der Waals surface area contributed by atoms with E-state index in [9.17, 15) is 13.2 Å². The van der Waals surface area contributed by atoms with Gasteiger partial charge in [0.1, 0.15) is 6.61 Å². The summed E-state index contributed by atoms with van der Waals surface area (Å²) in [6, 6.07) is 0. The molecule has 0 rings (SSSR count). The van der Waals surface area contributed by atoms with Crippen LogP contribution < -0.4 is 0 Å². The highest BCUT2D eigenvalue weighted by molar-refractivity contribution is 7.91. The topological polar surface area (TPSA) is 60.4 Å². The van der Waals surface area contributed by atoms with Gasteiger partial charge in [0, 0.05) is 11.3 Å². The van der Waals surface area contributed by atoms with Crippen LogP contribution in [0.3, 0.4) is 0 Å². The Morgan fingerprint density at radius 2 is 2.00 bits per heavy atom. The highest BCUT2D eigenvalue weighted by Gasteiger charge is 2.09. The molecule has 0 fully saturated rings. The van der Waals surface area contributed by atoms with Crippen LogP contribution in [-0.2, 0) is 19.4 Å². The van der Waals surface area contributed by atoms with E-state index in [-0.39, 0.29) is 23.7 Å². The Balaban J connectivity index is 3.82. The Hall–Kier alpha value is -0.840. The standard InChI is InChI=1S/C8H14O4S/c1-4-13(10,11)6-5-12-8(9)7(2)3/h2,4-6H2,1,3H3. The number of rotatable bonds is 5. The van der Waals surface area contributed by atoms with Crippen LogP contribution >= 0.6 is 0 Å². The van der Waals surface area contributed by atoms with Crippen LogP contribution in [0, 0.1) is 0 Å². The van der Waals surface area contributed by atoms with E-state index in [4.69, 9.17) is 0 Å². The van der Waals surface area contributed by atoms with E-state index in [1.807, 2.05) is 0 Å². The number of hydrogen-bond donors (Lipinski definition) is 0. The fraction of sp³-hybridized carbons (Fsp3) is 0.625. The lowest BCUT2D eigenvalue weighted by atomic mass is 10.4. The molecule has 4 nitrogen and oxygen atoms in total. The zero-order valence-corrected chi connectivity index (χ0v) is 8.69. The highest BCUT2D eigenvalue weighted by Crippen LogP contribution is 1.94. The van der Waals surface area contributed by atoms with Crippen molar-refractivity contribution < 1.29 is 17.9 Å². The summed E-state index contributed by atoms with van der Waals surface area (Å²) >= 11 is 0. The van der Waals surface area contributed by atoms with Crippen molar-refractivity contribution in [2.45, 2.75) is 13.8 Å². The molecule has 0 bridgehead atoms. The third-order valence-electron chi connectivity index (χ3n) is 1.42. The van der Waals surface area contributed by atoms with Crippen molar-refractivity contribution in [2.24, 2.45) is 0 Å². The molecule has 76 valence electrons. The maximum Gasteiger partial charge on any atom is 0.333 e. The van der Waals surface area contributed by atoms with E-state index < -0.39 is 15.8 Å². The third-order valence-corrected chi connectivity index (χ3v) is 3.08. The van der Waals surface area contributed by atoms with E-state index in [1.54, 1.807) is 6.92 Å². The number of carbonyl (C=O) groups excluding carboxylic acids is 1. The van der Waals surface area contributed by atoms with Gasteiger partial charge in [-0.15, -0.1) is 0 Å². The first-order valence-electron chi connectivity index (χ1n) is 3.92. The number of hydrogen-bond acceptors (Lipinski definition) is 4. The Morgan fingerprint density at radius 3 is 2.38 bits per heavy atom. The van der Waals surface area contributed by atoms with Gasteiger partial charge in [0.25, 0.3) is 0 Å². The number of sulfone groups is 1. The van der Waals surface area contributed by atoms with Crippen LogP contribution in [0.25, 0.3) is 0 Å². The molecule has 0 unspecified atom stereocenters. The minimum atomic E-state index is -3.05. The fourth-order valence-corrected chi connectivity index (χ4v) is 1.15. The second-order valence-electron chi connectivity index (χ2n) is 2.65. The second-order valence-corrected chi connectivity index (χ2v) is 5.13. The van der Waals surface area contributed by atoms with E-state index in [1.165, 1.54) is 6.92 Å². The summed E-state index contributed by atoms with van der Waals surface area (Å²) in [6.45, 7) is 6.33. The van der Waals surface area contributed by atoms with Gasteiger partial charge in [-0.05, 0) is 6.92 Å². The molecule has 13 heavy (non-hydrogen) atoms. The van der Waals surface area contributed by atoms with E-state index >= 15 is 0 Å². The smallest absolute Gasteiger partial charge is 0.333 e. The number of carbonyl (C=O) groups is 1. The maximum atomic E-state index is 10.9. The molecule has 0 spiro atoms. The SMILES string of the molecule is C=C(C)C(=O)OCCS(=O)(=O)CC. The van der Waals surface area contributed by atoms with E-state index in [0.29, 0.717) is 0 Å². The molecule has 0 atom stereocenters. The van der Waals surface area contributed by atoms with Gasteiger partial charge in [-0.2, -0.15) is 0 Å². The Bertz CT molecular complexity index is 289. The molecule has 5 heteroatoms. The molecule has 0 aliphatic rings. The molecule has 0 saturated carbocycles. The molecule has 0 aromatic rings. The van der Waals surface area contributed by atoms with Gasteiger partial charge in [0.2, 0.25) is 0 Å². The predicted molar refractivity (Wildman–Crippen MR) is 50.1 cm³/mol. The van der Waals surface area contributed by atoms with Crippen molar-refractivity contribution >= 4 is 15.8 Å². The van der Waals surface area contributed by atoms with E-state index in [2.05, 4.69) is 11.3 Å². The molecular weight excluding hydrogens is 192 g/mol. The van der Waals surface area contributed by atoms with Gasteiger partial charge in [-0.3, -0.25) is 0 Å². The zero-order chi connectivity index (χ0) is 10.5. The van der Waals surface area contributed by atoms with Crippen molar-refractivity contribution in [1.29, 1.82) is 0 Å². The molecule has 0 aliphatic heterocycles. The number of ether oxygens (including phenoxy) is 1. The summed E-state index contributed by atoms with van der Waals surface area (Å²) in [6.07, 6.45) is 0. The van der Waals surface area contributed by atoms with Gasteiger partial charge in [-0.1, -0.05) is 13.5 Å². The monoisotopic (exact) mass is 206 g/mol. The predicted octanol–water partition coefficient (Wildman–Crippen LogP) is 0.540. The van der Waals surface area contributed by atoms with E-state index in [0.717, 1.165) is 0 Å². The van der Waals surface area contributed by atoms with Crippen LogP contribution in [0.4, 0.5) is 0 Å². The quantitative estimate of drug-likeness (QED) is 0.486. The Morgan fingerprint density at radius 1 is 1.46 bits per heavy atom. The van der Waals surface area contributed by atoms with Gasteiger partial charge in [0.15, 0.2) is 9.84 Å². The van der Waals surface area contributed by atoms with Crippen molar-refractivity contribution in [2.75, 3.05) is 18.1 Å². The van der Waals surface area contributed by atoms with Crippen molar-refractivity contribution in [3.8, 4) is 0 Å². The summed E-state index contributed by atoms with van der Waals surface area (Å²) in [5.41, 5.74) is 0.272. The molecular formula is C8H14O4S. The van der Waals surface area contributed by atoms with Gasteiger partial charge in [-0.25, -0.2) is 13.2 Å². The Kier molecular flexibility index (Phi) is 4.69. The minimum absolute atomic E-state index is 0.0671. The lowest BCUT2D eigenvalue weighted by Gasteiger charge is -2.03. The molecule has 0 saturated heterocycles. The molecule has 0 amide bonds. The lowest BCUT2D eigenvalue weighted by molar-refractivity contribution is -0.138. The average molecular weight is 206 g/mol. The van der Waals surface area contributed by atoms with Crippen LogP contribution in [0.5, 0.6) is 0 Å². The molecule has 0 heterocycles.